The van der Waals surface area contributed by atoms with Gasteiger partial charge in [0.25, 0.3) is 5.91 Å². The first-order valence-electron chi connectivity index (χ1n) is 6.74. The Bertz CT molecular complexity index is 442. The number of carbonyl (C=O) groups is 1. The van der Waals surface area contributed by atoms with Gasteiger partial charge in [0.2, 0.25) is 0 Å². The Kier molecular flexibility index (Phi) is 4.37. The van der Waals surface area contributed by atoms with Crippen molar-refractivity contribution in [1.82, 2.24) is 10.3 Å². The van der Waals surface area contributed by atoms with Crippen LogP contribution in [0.3, 0.4) is 0 Å². The van der Waals surface area contributed by atoms with Gasteiger partial charge in [0, 0.05) is 13.2 Å². The summed E-state index contributed by atoms with van der Waals surface area (Å²) >= 11 is 0. The number of aromatic nitrogens is 1. The SMILES string of the molecule is CCNc1cccc(C(=O)NC2(C)CCCOC2)n1. The number of amides is 1. The number of ether oxygens (including phenoxy) is 1. The van der Waals surface area contributed by atoms with Gasteiger partial charge in [0.15, 0.2) is 0 Å². The fourth-order valence-electron chi connectivity index (χ4n) is 2.21. The molecule has 19 heavy (non-hydrogen) atoms. The quantitative estimate of drug-likeness (QED) is 0.869. The van der Waals surface area contributed by atoms with Gasteiger partial charge in [-0.05, 0) is 38.8 Å². The number of carbonyl (C=O) groups excluding carboxylic acids is 1. The van der Waals surface area contributed by atoms with Crippen LogP contribution in [0.1, 0.15) is 37.2 Å². The summed E-state index contributed by atoms with van der Waals surface area (Å²) in [6.45, 7) is 6.13. The Labute approximate surface area is 113 Å². The van der Waals surface area contributed by atoms with Crippen molar-refractivity contribution in [2.75, 3.05) is 25.1 Å². The van der Waals surface area contributed by atoms with Crippen molar-refractivity contribution in [3.63, 3.8) is 0 Å². The van der Waals surface area contributed by atoms with E-state index in [-0.39, 0.29) is 11.4 Å². The standard InChI is InChI=1S/C14H21N3O2/c1-3-15-12-7-4-6-11(16-12)13(18)17-14(2)8-5-9-19-10-14/h4,6-7H,3,5,8-10H2,1-2H3,(H,15,16)(H,17,18). The van der Waals surface area contributed by atoms with Crippen molar-refractivity contribution in [3.05, 3.63) is 23.9 Å². The van der Waals surface area contributed by atoms with Gasteiger partial charge in [0.05, 0.1) is 12.1 Å². The second-order valence-electron chi connectivity index (χ2n) is 5.11. The van der Waals surface area contributed by atoms with Crippen LogP contribution < -0.4 is 10.6 Å². The number of hydrogen-bond donors (Lipinski definition) is 2. The maximum absolute atomic E-state index is 12.2. The molecule has 1 fully saturated rings. The Balaban J connectivity index is 2.04. The number of anilines is 1. The first kappa shape index (κ1) is 13.8. The van der Waals surface area contributed by atoms with E-state index in [0.29, 0.717) is 12.3 Å². The van der Waals surface area contributed by atoms with Gasteiger partial charge in [-0.25, -0.2) is 4.98 Å². The average Bonchev–Trinajstić information content (AvgIpc) is 2.40. The third-order valence-electron chi connectivity index (χ3n) is 3.19. The number of pyridine rings is 1. The second-order valence-corrected chi connectivity index (χ2v) is 5.11. The normalized spacial score (nSPS) is 22.8. The molecule has 0 aliphatic carbocycles. The van der Waals surface area contributed by atoms with E-state index in [2.05, 4.69) is 15.6 Å². The summed E-state index contributed by atoms with van der Waals surface area (Å²) in [4.78, 5) is 16.5. The number of nitrogens with one attached hydrogen (secondary N) is 2. The van der Waals surface area contributed by atoms with Crippen LogP contribution in [0.2, 0.25) is 0 Å². The molecule has 0 bridgehead atoms. The van der Waals surface area contributed by atoms with Gasteiger partial charge in [-0.2, -0.15) is 0 Å². The second kappa shape index (κ2) is 6.02. The molecule has 1 aliphatic heterocycles. The van der Waals surface area contributed by atoms with E-state index < -0.39 is 0 Å². The van der Waals surface area contributed by atoms with E-state index in [9.17, 15) is 4.79 Å². The van der Waals surface area contributed by atoms with Crippen molar-refractivity contribution >= 4 is 11.7 Å². The maximum atomic E-state index is 12.2. The topological polar surface area (TPSA) is 63.2 Å². The highest BCUT2D eigenvalue weighted by Gasteiger charge is 2.29. The predicted octanol–water partition coefficient (Wildman–Crippen LogP) is 1.81. The highest BCUT2D eigenvalue weighted by atomic mass is 16.5. The fourth-order valence-corrected chi connectivity index (χ4v) is 2.21. The summed E-state index contributed by atoms with van der Waals surface area (Å²) in [5, 5.41) is 6.13. The van der Waals surface area contributed by atoms with E-state index in [1.165, 1.54) is 0 Å². The lowest BCUT2D eigenvalue weighted by molar-refractivity contribution is 0.0271. The van der Waals surface area contributed by atoms with Crippen molar-refractivity contribution < 1.29 is 9.53 Å². The molecule has 1 aromatic heterocycles. The van der Waals surface area contributed by atoms with Gasteiger partial charge in [-0.1, -0.05) is 6.07 Å². The van der Waals surface area contributed by atoms with Crippen LogP contribution >= 0.6 is 0 Å². The molecule has 2 rings (SSSR count). The van der Waals surface area contributed by atoms with Crippen LogP contribution in [0.25, 0.3) is 0 Å². The Morgan fingerprint density at radius 3 is 3.05 bits per heavy atom. The lowest BCUT2D eigenvalue weighted by Crippen LogP contribution is -2.51. The average molecular weight is 263 g/mol. The number of hydrogen-bond acceptors (Lipinski definition) is 4. The molecule has 1 aliphatic rings. The lowest BCUT2D eigenvalue weighted by Gasteiger charge is -2.34. The maximum Gasteiger partial charge on any atom is 0.270 e. The highest BCUT2D eigenvalue weighted by Crippen LogP contribution is 2.19. The summed E-state index contributed by atoms with van der Waals surface area (Å²) < 4.78 is 5.44. The van der Waals surface area contributed by atoms with Crippen molar-refractivity contribution in [1.29, 1.82) is 0 Å². The summed E-state index contributed by atoms with van der Waals surface area (Å²) in [5.74, 6) is 0.577. The van der Waals surface area contributed by atoms with Crippen LogP contribution in [0.4, 0.5) is 5.82 Å². The predicted molar refractivity (Wildman–Crippen MR) is 74.3 cm³/mol. The molecule has 1 aromatic rings. The van der Waals surface area contributed by atoms with Crippen LogP contribution in [0, 0.1) is 0 Å². The van der Waals surface area contributed by atoms with Crippen LogP contribution in [0.15, 0.2) is 18.2 Å². The van der Waals surface area contributed by atoms with Crippen molar-refractivity contribution in [2.24, 2.45) is 0 Å². The van der Waals surface area contributed by atoms with Crippen molar-refractivity contribution in [2.45, 2.75) is 32.2 Å². The molecule has 0 spiro atoms. The fraction of sp³-hybridized carbons (Fsp3) is 0.571. The summed E-state index contributed by atoms with van der Waals surface area (Å²) in [6, 6.07) is 5.41. The summed E-state index contributed by atoms with van der Waals surface area (Å²) in [7, 11) is 0. The molecule has 5 heteroatoms. The van der Waals surface area contributed by atoms with E-state index in [1.54, 1.807) is 6.07 Å². The molecular weight excluding hydrogens is 242 g/mol. The summed E-state index contributed by atoms with van der Waals surface area (Å²) in [5.41, 5.74) is 0.149. The van der Waals surface area contributed by atoms with E-state index in [0.717, 1.165) is 31.8 Å². The zero-order valence-corrected chi connectivity index (χ0v) is 11.5. The minimum absolute atomic E-state index is 0.146. The van der Waals surface area contributed by atoms with Crippen LogP contribution in [-0.4, -0.2) is 36.2 Å². The molecule has 1 amide bonds. The molecular formula is C14H21N3O2. The first-order valence-corrected chi connectivity index (χ1v) is 6.74. The van der Waals surface area contributed by atoms with Crippen LogP contribution in [0.5, 0.6) is 0 Å². The van der Waals surface area contributed by atoms with Gasteiger partial charge in [-0.3, -0.25) is 4.79 Å². The summed E-state index contributed by atoms with van der Waals surface area (Å²) in [6.07, 6.45) is 1.91. The third kappa shape index (κ3) is 3.67. The zero-order chi connectivity index (χ0) is 13.7. The monoisotopic (exact) mass is 263 g/mol. The Morgan fingerprint density at radius 2 is 2.37 bits per heavy atom. The highest BCUT2D eigenvalue weighted by molar-refractivity contribution is 5.93. The molecule has 1 unspecified atom stereocenters. The molecule has 2 N–H and O–H groups in total. The zero-order valence-electron chi connectivity index (χ0n) is 11.5. The molecule has 0 radical (unpaired) electrons. The Hall–Kier alpha value is -1.62. The van der Waals surface area contributed by atoms with Gasteiger partial charge >= 0.3 is 0 Å². The van der Waals surface area contributed by atoms with E-state index in [4.69, 9.17) is 4.74 Å². The lowest BCUT2D eigenvalue weighted by atomic mass is 9.95. The third-order valence-corrected chi connectivity index (χ3v) is 3.19. The molecule has 5 nitrogen and oxygen atoms in total. The number of rotatable bonds is 4. The largest absolute Gasteiger partial charge is 0.379 e. The van der Waals surface area contributed by atoms with E-state index in [1.807, 2.05) is 26.0 Å². The minimum Gasteiger partial charge on any atom is -0.379 e. The molecule has 104 valence electrons. The molecule has 0 saturated carbocycles. The number of nitrogens with zero attached hydrogens (tertiary/aromatic N) is 1. The van der Waals surface area contributed by atoms with Gasteiger partial charge < -0.3 is 15.4 Å². The minimum atomic E-state index is -0.287. The van der Waals surface area contributed by atoms with E-state index >= 15 is 0 Å². The molecule has 0 aromatic carbocycles. The first-order chi connectivity index (χ1) is 9.13. The molecule has 2 heterocycles. The van der Waals surface area contributed by atoms with Gasteiger partial charge in [-0.15, -0.1) is 0 Å². The molecule has 1 saturated heterocycles. The van der Waals surface area contributed by atoms with Crippen LogP contribution in [-0.2, 0) is 4.74 Å². The van der Waals surface area contributed by atoms with Gasteiger partial charge in [0.1, 0.15) is 11.5 Å². The molecule has 1 atom stereocenters. The van der Waals surface area contributed by atoms with Crippen molar-refractivity contribution in [3.8, 4) is 0 Å². The smallest absolute Gasteiger partial charge is 0.270 e. The Morgan fingerprint density at radius 1 is 1.53 bits per heavy atom.